The Kier molecular flexibility index (Phi) is 4.40. The molecule has 28 heavy (non-hydrogen) atoms. The number of carbonyl (C=O) groups is 1. The van der Waals surface area contributed by atoms with E-state index in [0.29, 0.717) is 0 Å². The van der Waals surface area contributed by atoms with Gasteiger partial charge in [0.2, 0.25) is 5.91 Å². The quantitative estimate of drug-likeness (QED) is 0.736. The van der Waals surface area contributed by atoms with E-state index in [9.17, 15) is 4.79 Å². The maximum atomic E-state index is 13.0. The molecular formula is C24H31N3O. The van der Waals surface area contributed by atoms with E-state index in [1.54, 1.807) is 0 Å². The highest BCUT2D eigenvalue weighted by atomic mass is 16.2. The lowest BCUT2D eigenvalue weighted by molar-refractivity contribution is -0.122. The molecule has 1 amide bonds. The average molecular weight is 378 g/mol. The zero-order valence-electron chi connectivity index (χ0n) is 17.8. The third-order valence-corrected chi connectivity index (χ3v) is 6.56. The number of carbonyl (C=O) groups excluding carboxylic acids is 1. The number of nitrogens with one attached hydrogen (secondary N) is 2. The maximum absolute atomic E-state index is 13.0. The molecule has 2 aliphatic rings. The molecule has 1 aliphatic carbocycles. The van der Waals surface area contributed by atoms with Crippen LogP contribution in [0.15, 0.2) is 30.0 Å². The third kappa shape index (κ3) is 2.54. The van der Waals surface area contributed by atoms with E-state index in [0.717, 1.165) is 60.3 Å². The molecule has 0 bridgehead atoms. The van der Waals surface area contributed by atoms with Crippen LogP contribution in [-0.4, -0.2) is 24.5 Å². The van der Waals surface area contributed by atoms with E-state index < -0.39 is 5.41 Å². The lowest BCUT2D eigenvalue weighted by Crippen LogP contribution is -2.36. The van der Waals surface area contributed by atoms with Gasteiger partial charge in [-0.3, -0.25) is 4.79 Å². The molecule has 0 saturated heterocycles. The van der Waals surface area contributed by atoms with Crippen molar-refractivity contribution in [3.8, 4) is 0 Å². The Morgan fingerprint density at radius 1 is 1.32 bits per heavy atom. The van der Waals surface area contributed by atoms with Gasteiger partial charge in [-0.15, -0.1) is 0 Å². The molecule has 2 N–H and O–H groups in total. The number of fused-ring (bicyclic) bond motifs is 4. The van der Waals surface area contributed by atoms with Crippen molar-refractivity contribution in [1.29, 1.82) is 0 Å². The number of allylic oxidation sites excluding steroid dienone is 3. The van der Waals surface area contributed by atoms with E-state index >= 15 is 0 Å². The van der Waals surface area contributed by atoms with Crippen LogP contribution in [0.2, 0.25) is 0 Å². The van der Waals surface area contributed by atoms with E-state index in [-0.39, 0.29) is 5.91 Å². The summed E-state index contributed by atoms with van der Waals surface area (Å²) in [5, 5.41) is 4.53. The van der Waals surface area contributed by atoms with E-state index in [4.69, 9.17) is 0 Å². The van der Waals surface area contributed by atoms with Crippen molar-refractivity contribution in [2.24, 2.45) is 0 Å². The van der Waals surface area contributed by atoms with Crippen molar-refractivity contribution in [2.45, 2.75) is 58.8 Å². The third-order valence-electron chi connectivity index (χ3n) is 6.56. The van der Waals surface area contributed by atoms with Gasteiger partial charge in [-0.05, 0) is 80.9 Å². The van der Waals surface area contributed by atoms with Crippen molar-refractivity contribution in [1.82, 2.24) is 10.3 Å². The fourth-order valence-electron chi connectivity index (χ4n) is 4.84. The van der Waals surface area contributed by atoms with Crippen molar-refractivity contribution in [2.75, 3.05) is 18.5 Å². The van der Waals surface area contributed by atoms with Gasteiger partial charge in [0.05, 0.1) is 5.41 Å². The fourth-order valence-corrected chi connectivity index (χ4v) is 4.84. The van der Waals surface area contributed by atoms with Crippen LogP contribution in [0.5, 0.6) is 0 Å². The monoisotopic (exact) mass is 377 g/mol. The first-order valence-electron chi connectivity index (χ1n) is 10.4. The molecule has 0 unspecified atom stereocenters. The summed E-state index contributed by atoms with van der Waals surface area (Å²) in [4.78, 5) is 18.6. The van der Waals surface area contributed by atoms with Gasteiger partial charge in [0, 0.05) is 41.6 Å². The molecule has 4 nitrogen and oxygen atoms in total. The Hall–Kier alpha value is -2.49. The Morgan fingerprint density at radius 2 is 2.07 bits per heavy atom. The number of aryl methyl sites for hydroxylation is 1. The first-order chi connectivity index (χ1) is 13.3. The molecule has 1 aromatic heterocycles. The van der Waals surface area contributed by atoms with Crippen LogP contribution in [0.4, 0.5) is 5.69 Å². The second-order valence-corrected chi connectivity index (χ2v) is 8.66. The van der Waals surface area contributed by atoms with Gasteiger partial charge in [0.1, 0.15) is 0 Å². The normalized spacial score (nSPS) is 20.2. The summed E-state index contributed by atoms with van der Waals surface area (Å²) in [5.41, 5.74) is 8.95. The summed E-state index contributed by atoms with van der Waals surface area (Å²) < 4.78 is 0. The summed E-state index contributed by atoms with van der Waals surface area (Å²) in [5.74, 6) is 0.211. The first-order valence-corrected chi connectivity index (χ1v) is 10.4. The fraction of sp³-hybridized carbons (Fsp3) is 0.458. The SMILES string of the molecule is C=C1/C(=C(/C)NC)CCCc2c1[nH]c1cc3c(cc21)N(CCC)C(=O)C3(C)C. The molecule has 0 saturated carbocycles. The van der Waals surface area contributed by atoms with Crippen LogP contribution in [0, 0.1) is 0 Å². The highest BCUT2D eigenvalue weighted by Gasteiger charge is 2.44. The van der Waals surface area contributed by atoms with Gasteiger partial charge in [-0.25, -0.2) is 0 Å². The molecule has 2 aromatic rings. The molecule has 4 rings (SSSR count). The van der Waals surface area contributed by atoms with Crippen LogP contribution in [-0.2, 0) is 16.6 Å². The molecule has 1 aromatic carbocycles. The maximum Gasteiger partial charge on any atom is 0.237 e. The van der Waals surface area contributed by atoms with Crippen LogP contribution in [0.1, 0.15) is 63.8 Å². The van der Waals surface area contributed by atoms with Crippen molar-refractivity contribution >= 4 is 28.1 Å². The summed E-state index contributed by atoms with van der Waals surface area (Å²) >= 11 is 0. The minimum absolute atomic E-state index is 0.211. The van der Waals surface area contributed by atoms with Crippen molar-refractivity contribution in [3.63, 3.8) is 0 Å². The predicted molar refractivity (Wildman–Crippen MR) is 118 cm³/mol. The number of benzene rings is 1. The summed E-state index contributed by atoms with van der Waals surface area (Å²) in [6.45, 7) is 13.5. The van der Waals surface area contributed by atoms with Crippen molar-refractivity contribution < 1.29 is 4.79 Å². The van der Waals surface area contributed by atoms with Gasteiger partial charge in [0.15, 0.2) is 0 Å². The number of aromatic amines is 1. The van der Waals surface area contributed by atoms with Gasteiger partial charge < -0.3 is 15.2 Å². The van der Waals surface area contributed by atoms with Crippen LogP contribution >= 0.6 is 0 Å². The Bertz CT molecular complexity index is 1020. The number of hydrogen-bond donors (Lipinski definition) is 2. The number of aromatic nitrogens is 1. The summed E-state index contributed by atoms with van der Waals surface area (Å²) in [6, 6.07) is 4.45. The Labute approximate surface area is 167 Å². The lowest BCUT2D eigenvalue weighted by atomic mass is 9.85. The number of amides is 1. The summed E-state index contributed by atoms with van der Waals surface area (Å²) in [6.07, 6.45) is 4.12. The molecule has 0 atom stereocenters. The number of rotatable bonds is 3. The number of hydrogen-bond acceptors (Lipinski definition) is 2. The van der Waals surface area contributed by atoms with Crippen LogP contribution in [0.25, 0.3) is 16.5 Å². The van der Waals surface area contributed by atoms with E-state index in [1.807, 2.05) is 25.8 Å². The largest absolute Gasteiger partial charge is 0.391 e. The van der Waals surface area contributed by atoms with Crippen molar-refractivity contribution in [3.05, 3.63) is 46.8 Å². The van der Waals surface area contributed by atoms with Gasteiger partial charge >= 0.3 is 0 Å². The van der Waals surface area contributed by atoms with Crippen LogP contribution in [0.3, 0.4) is 0 Å². The Morgan fingerprint density at radius 3 is 2.75 bits per heavy atom. The van der Waals surface area contributed by atoms with E-state index in [1.165, 1.54) is 22.2 Å². The molecule has 148 valence electrons. The molecule has 4 heteroatoms. The first kappa shape index (κ1) is 18.9. The Balaban J connectivity index is 1.93. The smallest absolute Gasteiger partial charge is 0.237 e. The predicted octanol–water partition coefficient (Wildman–Crippen LogP) is 5.05. The minimum atomic E-state index is -0.480. The highest BCUT2D eigenvalue weighted by Crippen LogP contribution is 2.46. The molecule has 2 heterocycles. The highest BCUT2D eigenvalue weighted by molar-refractivity contribution is 6.10. The zero-order chi connectivity index (χ0) is 20.2. The molecule has 0 radical (unpaired) electrons. The molecule has 1 aliphatic heterocycles. The zero-order valence-corrected chi connectivity index (χ0v) is 17.8. The summed E-state index contributed by atoms with van der Waals surface area (Å²) in [7, 11) is 1.97. The average Bonchev–Trinajstić information content (AvgIpc) is 3.05. The van der Waals surface area contributed by atoms with Gasteiger partial charge in [0.25, 0.3) is 0 Å². The molecule has 0 spiro atoms. The number of nitrogens with zero attached hydrogens (tertiary/aromatic N) is 1. The lowest BCUT2D eigenvalue weighted by Gasteiger charge is -2.19. The second kappa shape index (κ2) is 6.54. The number of anilines is 1. The van der Waals surface area contributed by atoms with Gasteiger partial charge in [-0.1, -0.05) is 13.5 Å². The standard InChI is InChI=1S/C24H31N3O/c1-7-11-27-21-12-18-17-10-8-9-16(15(3)25-6)14(2)22(17)26-20(18)13-19(21)24(4,5)23(27)28/h12-13,25-26H,2,7-11H2,1,3-6H3/b16-15-. The number of H-pyrrole nitrogens is 1. The molecular weight excluding hydrogens is 346 g/mol. The van der Waals surface area contributed by atoms with Crippen LogP contribution < -0.4 is 10.2 Å². The molecule has 0 fully saturated rings. The minimum Gasteiger partial charge on any atom is -0.391 e. The second-order valence-electron chi connectivity index (χ2n) is 8.66. The topological polar surface area (TPSA) is 48.1 Å². The van der Waals surface area contributed by atoms with E-state index in [2.05, 4.69) is 42.9 Å². The van der Waals surface area contributed by atoms with Gasteiger partial charge in [-0.2, -0.15) is 0 Å².